The van der Waals surface area contributed by atoms with Crippen LogP contribution in [0.1, 0.15) is 5.56 Å². The van der Waals surface area contributed by atoms with E-state index in [4.69, 9.17) is 23.2 Å². The van der Waals surface area contributed by atoms with Crippen molar-refractivity contribution < 1.29 is 8.42 Å². The number of hydrogen-bond acceptors (Lipinski definition) is 4. The minimum absolute atomic E-state index is 0.0342. The standard InChI is InChI=1S/C17H12Cl2N2O4S/c1-10-8-12(21-7-6-15(22)20-17(21)23)9-14(19)16(10)26(24,25)13-4-2-11(18)3-5-13/h2-9H,1H3,(H,20,22,23). The zero-order valence-electron chi connectivity index (χ0n) is 13.4. The molecule has 0 bridgehead atoms. The Morgan fingerprint density at radius 2 is 1.65 bits per heavy atom. The molecule has 0 atom stereocenters. The molecule has 0 aliphatic heterocycles. The van der Waals surface area contributed by atoms with Crippen LogP contribution in [-0.4, -0.2) is 18.0 Å². The number of hydrogen-bond donors (Lipinski definition) is 1. The van der Waals surface area contributed by atoms with Crippen LogP contribution in [-0.2, 0) is 9.84 Å². The van der Waals surface area contributed by atoms with E-state index in [-0.39, 0.29) is 14.8 Å². The monoisotopic (exact) mass is 410 g/mol. The Bertz CT molecular complexity index is 1190. The summed E-state index contributed by atoms with van der Waals surface area (Å²) < 4.78 is 27.0. The van der Waals surface area contributed by atoms with E-state index < -0.39 is 21.1 Å². The van der Waals surface area contributed by atoms with Gasteiger partial charge in [-0.1, -0.05) is 23.2 Å². The molecule has 1 aromatic heterocycles. The molecular formula is C17H12Cl2N2O4S. The first-order valence-corrected chi connectivity index (χ1v) is 9.57. The highest BCUT2D eigenvalue weighted by Crippen LogP contribution is 2.32. The van der Waals surface area contributed by atoms with Crippen LogP contribution in [0.2, 0.25) is 10.0 Å². The lowest BCUT2D eigenvalue weighted by Crippen LogP contribution is -2.27. The van der Waals surface area contributed by atoms with E-state index in [1.54, 1.807) is 6.92 Å². The first-order valence-electron chi connectivity index (χ1n) is 7.33. The minimum atomic E-state index is -3.87. The Labute approximate surface area is 158 Å². The highest BCUT2D eigenvalue weighted by molar-refractivity contribution is 7.91. The van der Waals surface area contributed by atoms with Gasteiger partial charge < -0.3 is 0 Å². The summed E-state index contributed by atoms with van der Waals surface area (Å²) in [5.41, 5.74) is -0.485. The topological polar surface area (TPSA) is 89.0 Å². The summed E-state index contributed by atoms with van der Waals surface area (Å²) in [6.07, 6.45) is 1.29. The molecule has 9 heteroatoms. The van der Waals surface area contributed by atoms with Crippen LogP contribution in [0, 0.1) is 6.92 Å². The quantitative estimate of drug-likeness (QED) is 0.718. The molecule has 0 aliphatic carbocycles. The van der Waals surface area contributed by atoms with Crippen molar-refractivity contribution in [1.82, 2.24) is 9.55 Å². The van der Waals surface area contributed by atoms with Crippen LogP contribution >= 0.6 is 23.2 Å². The molecule has 3 aromatic rings. The lowest BCUT2D eigenvalue weighted by Gasteiger charge is -2.13. The van der Waals surface area contributed by atoms with Crippen molar-refractivity contribution in [1.29, 1.82) is 0 Å². The molecule has 26 heavy (non-hydrogen) atoms. The number of aromatic nitrogens is 2. The molecule has 1 N–H and O–H groups in total. The summed E-state index contributed by atoms with van der Waals surface area (Å²) in [5.74, 6) is 0. The highest BCUT2D eigenvalue weighted by atomic mass is 35.5. The van der Waals surface area contributed by atoms with Crippen LogP contribution in [0.3, 0.4) is 0 Å². The molecule has 0 fully saturated rings. The summed E-state index contributed by atoms with van der Waals surface area (Å²) in [7, 11) is -3.87. The molecule has 0 saturated heterocycles. The molecule has 0 spiro atoms. The molecule has 0 aliphatic rings. The number of aryl methyl sites for hydroxylation is 1. The molecule has 2 aromatic carbocycles. The maximum Gasteiger partial charge on any atom is 0.332 e. The number of nitrogens with one attached hydrogen (secondary N) is 1. The molecule has 134 valence electrons. The third-order valence-electron chi connectivity index (χ3n) is 3.71. The Hall–Kier alpha value is -2.35. The number of nitrogens with zero attached hydrogens (tertiary/aromatic N) is 1. The first-order chi connectivity index (χ1) is 12.2. The third kappa shape index (κ3) is 3.33. The second-order valence-electron chi connectivity index (χ2n) is 5.51. The van der Waals surface area contributed by atoms with E-state index in [2.05, 4.69) is 4.98 Å². The van der Waals surface area contributed by atoms with Gasteiger partial charge in [0.05, 0.1) is 20.5 Å². The summed E-state index contributed by atoms with van der Waals surface area (Å²) in [5, 5.41) is 0.382. The summed E-state index contributed by atoms with van der Waals surface area (Å²) in [6, 6.07) is 9.80. The van der Waals surface area contributed by atoms with Gasteiger partial charge in [0, 0.05) is 17.3 Å². The Kier molecular flexibility index (Phi) is 4.79. The predicted octanol–water partition coefficient (Wildman–Crippen LogP) is 2.97. The zero-order valence-corrected chi connectivity index (χ0v) is 15.7. The molecular weight excluding hydrogens is 399 g/mol. The SMILES string of the molecule is Cc1cc(-n2ccc(=O)[nH]c2=O)cc(Cl)c1S(=O)(=O)c1ccc(Cl)cc1. The van der Waals surface area contributed by atoms with Crippen LogP contribution in [0.15, 0.2) is 68.0 Å². The zero-order chi connectivity index (χ0) is 19.1. The summed E-state index contributed by atoms with van der Waals surface area (Å²) in [4.78, 5) is 25.3. The number of halogens is 2. The van der Waals surface area contributed by atoms with Gasteiger partial charge >= 0.3 is 5.69 Å². The number of sulfone groups is 1. The van der Waals surface area contributed by atoms with Gasteiger partial charge in [-0.3, -0.25) is 14.3 Å². The normalized spacial score (nSPS) is 11.5. The fraction of sp³-hybridized carbons (Fsp3) is 0.0588. The Morgan fingerprint density at radius 1 is 1.00 bits per heavy atom. The van der Waals surface area contributed by atoms with Gasteiger partial charge in [0.25, 0.3) is 5.56 Å². The van der Waals surface area contributed by atoms with Crippen molar-refractivity contribution in [3.05, 3.63) is 85.1 Å². The number of benzene rings is 2. The molecule has 6 nitrogen and oxygen atoms in total. The van der Waals surface area contributed by atoms with Gasteiger partial charge in [-0.25, -0.2) is 13.2 Å². The second-order valence-corrected chi connectivity index (χ2v) is 8.24. The van der Waals surface area contributed by atoms with Crippen molar-refractivity contribution in [2.75, 3.05) is 0 Å². The van der Waals surface area contributed by atoms with Crippen molar-refractivity contribution >= 4 is 33.0 Å². The lowest BCUT2D eigenvalue weighted by atomic mass is 10.2. The molecule has 0 amide bonds. The molecule has 0 radical (unpaired) electrons. The van der Waals surface area contributed by atoms with Gasteiger partial charge in [-0.2, -0.15) is 0 Å². The molecule has 3 rings (SSSR count). The number of aromatic amines is 1. The van der Waals surface area contributed by atoms with E-state index in [9.17, 15) is 18.0 Å². The number of rotatable bonds is 3. The van der Waals surface area contributed by atoms with Gasteiger partial charge in [-0.05, 0) is 48.9 Å². The van der Waals surface area contributed by atoms with Crippen LogP contribution < -0.4 is 11.2 Å². The van der Waals surface area contributed by atoms with E-state index in [0.29, 0.717) is 16.3 Å². The number of H-pyrrole nitrogens is 1. The van der Waals surface area contributed by atoms with Gasteiger partial charge in [0.2, 0.25) is 9.84 Å². The second kappa shape index (κ2) is 6.75. The molecule has 0 unspecified atom stereocenters. The van der Waals surface area contributed by atoms with Gasteiger partial charge in [0.1, 0.15) is 0 Å². The first kappa shape index (κ1) is 18.4. The van der Waals surface area contributed by atoms with Crippen LogP contribution in [0.25, 0.3) is 5.69 Å². The fourth-order valence-electron chi connectivity index (χ4n) is 2.54. The highest BCUT2D eigenvalue weighted by Gasteiger charge is 2.24. The summed E-state index contributed by atoms with van der Waals surface area (Å²) >= 11 is 12.0. The van der Waals surface area contributed by atoms with Gasteiger partial charge in [0.15, 0.2) is 0 Å². The van der Waals surface area contributed by atoms with E-state index in [1.807, 2.05) is 0 Å². The van der Waals surface area contributed by atoms with Crippen LogP contribution in [0.4, 0.5) is 0 Å². The van der Waals surface area contributed by atoms with Crippen molar-refractivity contribution in [2.24, 2.45) is 0 Å². The van der Waals surface area contributed by atoms with Crippen molar-refractivity contribution in [2.45, 2.75) is 16.7 Å². The largest absolute Gasteiger partial charge is 0.332 e. The maximum absolute atomic E-state index is 12.9. The fourth-order valence-corrected chi connectivity index (χ4v) is 4.76. The van der Waals surface area contributed by atoms with Gasteiger partial charge in [-0.15, -0.1) is 0 Å². The smallest absolute Gasteiger partial charge is 0.274 e. The minimum Gasteiger partial charge on any atom is -0.274 e. The lowest BCUT2D eigenvalue weighted by molar-refractivity contribution is 0.595. The van der Waals surface area contributed by atoms with E-state index in [1.165, 1.54) is 53.2 Å². The Morgan fingerprint density at radius 3 is 2.23 bits per heavy atom. The molecule has 0 saturated carbocycles. The van der Waals surface area contributed by atoms with E-state index >= 15 is 0 Å². The van der Waals surface area contributed by atoms with E-state index in [0.717, 1.165) is 0 Å². The summed E-state index contributed by atoms with van der Waals surface area (Å²) in [6.45, 7) is 1.58. The predicted molar refractivity (Wildman–Crippen MR) is 99.3 cm³/mol. The van der Waals surface area contributed by atoms with Crippen molar-refractivity contribution in [3.63, 3.8) is 0 Å². The Balaban J connectivity index is 2.18. The third-order valence-corrected chi connectivity index (χ3v) is 6.34. The average molecular weight is 411 g/mol. The maximum atomic E-state index is 12.9. The van der Waals surface area contributed by atoms with Crippen molar-refractivity contribution in [3.8, 4) is 5.69 Å². The molecule has 1 heterocycles. The van der Waals surface area contributed by atoms with Crippen LogP contribution in [0.5, 0.6) is 0 Å². The average Bonchev–Trinajstić information content (AvgIpc) is 2.54.